The average Bonchev–Trinajstić information content (AvgIpc) is 3.71. The van der Waals surface area contributed by atoms with Gasteiger partial charge in [0, 0.05) is 56.6 Å². The van der Waals surface area contributed by atoms with Gasteiger partial charge in [0.2, 0.25) is 11.7 Å². The molecule has 4 heterocycles. The van der Waals surface area contributed by atoms with Gasteiger partial charge in [-0.15, -0.1) is 0 Å². The number of oxazole rings is 1. The topological polar surface area (TPSA) is 94.8 Å². The summed E-state index contributed by atoms with van der Waals surface area (Å²) in [6.45, 7) is 3.27. The fraction of sp³-hybridized carbons (Fsp3) is 0.500. The predicted octanol–water partition coefficient (Wildman–Crippen LogP) is 6.61. The lowest BCUT2D eigenvalue weighted by Gasteiger charge is -2.36. The minimum atomic E-state index is -4.89. The van der Waals surface area contributed by atoms with Gasteiger partial charge >= 0.3 is 6.18 Å². The van der Waals surface area contributed by atoms with Gasteiger partial charge in [-0.3, -0.25) is 9.59 Å². The van der Waals surface area contributed by atoms with E-state index in [9.17, 15) is 22.8 Å². The Morgan fingerprint density at radius 3 is 2.44 bits per heavy atom. The Kier molecular flexibility index (Phi) is 9.21. The number of nitrogens with one attached hydrogen (secondary N) is 1. The van der Waals surface area contributed by atoms with Crippen LogP contribution in [0.5, 0.6) is 0 Å². The summed E-state index contributed by atoms with van der Waals surface area (Å²) in [5.74, 6) is -0.553. The van der Waals surface area contributed by atoms with Crippen LogP contribution in [0.25, 0.3) is 0 Å². The lowest BCUT2D eigenvalue weighted by molar-refractivity contribution is -0.141. The second kappa shape index (κ2) is 13.3. The van der Waals surface area contributed by atoms with Gasteiger partial charge in [0.05, 0.1) is 11.9 Å². The SMILES string of the molecule is O=C(Nc1ccc(N2CCN(C(=O)CC3CCCCC3)CC2)nc1)c1oc(N2CCC(c3cccc(Cl)c3)C2)nc1C(F)(F)F. The first-order valence-corrected chi connectivity index (χ1v) is 15.9. The van der Waals surface area contributed by atoms with E-state index < -0.39 is 23.5 Å². The largest absolute Gasteiger partial charge is 0.437 e. The first kappa shape index (κ1) is 31.2. The molecule has 1 N–H and O–H groups in total. The van der Waals surface area contributed by atoms with Crippen LogP contribution in [0, 0.1) is 5.92 Å². The van der Waals surface area contributed by atoms with Crippen LogP contribution in [0.15, 0.2) is 47.0 Å². The lowest BCUT2D eigenvalue weighted by Crippen LogP contribution is -2.49. The van der Waals surface area contributed by atoms with Crippen molar-refractivity contribution in [3.05, 3.63) is 64.6 Å². The van der Waals surface area contributed by atoms with E-state index in [4.69, 9.17) is 16.0 Å². The zero-order valence-electron chi connectivity index (χ0n) is 24.9. The molecule has 1 saturated carbocycles. The van der Waals surface area contributed by atoms with Gasteiger partial charge in [-0.25, -0.2) is 4.98 Å². The van der Waals surface area contributed by atoms with Crippen molar-refractivity contribution in [1.29, 1.82) is 0 Å². The third kappa shape index (κ3) is 7.37. The normalized spacial score (nSPS) is 19.6. The van der Waals surface area contributed by atoms with Crippen LogP contribution in [0.3, 0.4) is 0 Å². The van der Waals surface area contributed by atoms with E-state index in [0.717, 1.165) is 18.4 Å². The van der Waals surface area contributed by atoms with Crippen LogP contribution in [0.4, 0.5) is 30.7 Å². The van der Waals surface area contributed by atoms with Crippen LogP contribution in [0.2, 0.25) is 5.02 Å². The highest BCUT2D eigenvalue weighted by atomic mass is 35.5. The number of halogens is 4. The molecule has 0 spiro atoms. The minimum Gasteiger partial charge on any atom is -0.417 e. The third-order valence-electron chi connectivity index (χ3n) is 9.02. The van der Waals surface area contributed by atoms with Crippen molar-refractivity contribution >= 4 is 40.9 Å². The Labute approximate surface area is 264 Å². The molecular formula is C32H36ClF3N6O3. The molecule has 13 heteroatoms. The van der Waals surface area contributed by atoms with Gasteiger partial charge < -0.3 is 24.4 Å². The van der Waals surface area contributed by atoms with Crippen molar-refractivity contribution in [3.63, 3.8) is 0 Å². The number of anilines is 3. The van der Waals surface area contributed by atoms with Gasteiger partial charge in [-0.05, 0) is 55.0 Å². The predicted molar refractivity (Wildman–Crippen MR) is 165 cm³/mol. The maximum atomic E-state index is 13.9. The van der Waals surface area contributed by atoms with E-state index in [1.807, 2.05) is 28.0 Å². The van der Waals surface area contributed by atoms with Gasteiger partial charge in [-0.2, -0.15) is 18.2 Å². The van der Waals surface area contributed by atoms with Crippen LogP contribution in [-0.4, -0.2) is 66.0 Å². The number of nitrogens with zero attached hydrogens (tertiary/aromatic N) is 5. The van der Waals surface area contributed by atoms with Gasteiger partial charge in [0.1, 0.15) is 5.82 Å². The molecule has 1 unspecified atom stereocenters. The number of amides is 2. The standard InChI is InChI=1S/C32H36ClF3N6O3/c33-24-8-4-7-22(18-24)23-11-12-42(20-23)31-39-29(32(34,35)36)28(45-31)30(44)38-25-9-10-26(37-19-25)40-13-15-41(16-14-40)27(43)17-21-5-2-1-3-6-21/h4,7-10,18-19,21,23H,1-3,5-6,11-17,20H2,(H,38,44). The van der Waals surface area contributed by atoms with Crippen molar-refractivity contribution in [1.82, 2.24) is 14.9 Å². The zero-order valence-corrected chi connectivity index (χ0v) is 25.6. The summed E-state index contributed by atoms with van der Waals surface area (Å²) >= 11 is 6.11. The second-order valence-electron chi connectivity index (χ2n) is 12.1. The highest BCUT2D eigenvalue weighted by Crippen LogP contribution is 2.37. The monoisotopic (exact) mass is 644 g/mol. The van der Waals surface area contributed by atoms with E-state index >= 15 is 0 Å². The van der Waals surface area contributed by atoms with Gasteiger partial charge in [-0.1, -0.05) is 43.0 Å². The molecule has 1 aliphatic carbocycles. The molecule has 6 rings (SSSR count). The van der Waals surface area contributed by atoms with Crippen molar-refractivity contribution in [2.75, 3.05) is 54.4 Å². The number of benzene rings is 1. The number of carbonyl (C=O) groups is 2. The maximum absolute atomic E-state index is 13.9. The summed E-state index contributed by atoms with van der Waals surface area (Å²) in [5, 5.41) is 3.05. The molecule has 2 aliphatic heterocycles. The first-order chi connectivity index (χ1) is 21.6. The van der Waals surface area contributed by atoms with Crippen molar-refractivity contribution in [2.24, 2.45) is 5.92 Å². The molecule has 3 aliphatic rings. The molecule has 1 aromatic carbocycles. The molecule has 2 saturated heterocycles. The molecule has 3 aromatic rings. The number of hydrogen-bond acceptors (Lipinski definition) is 7. The Balaban J connectivity index is 1.06. The Bertz CT molecular complexity index is 1500. The molecule has 0 radical (unpaired) electrons. The van der Waals surface area contributed by atoms with Crippen molar-refractivity contribution in [3.8, 4) is 0 Å². The number of carbonyl (C=O) groups excluding carboxylic acids is 2. The van der Waals surface area contributed by atoms with Crippen LogP contribution in [0.1, 0.15) is 72.7 Å². The summed E-state index contributed by atoms with van der Waals surface area (Å²) in [6, 6.07) is 10.4. The fourth-order valence-electron chi connectivity index (χ4n) is 6.54. The number of hydrogen-bond donors (Lipinski definition) is 1. The van der Waals surface area contributed by atoms with E-state index in [0.29, 0.717) is 68.9 Å². The average molecular weight is 645 g/mol. The summed E-state index contributed by atoms with van der Waals surface area (Å²) in [6.07, 6.45) is 3.76. The third-order valence-corrected chi connectivity index (χ3v) is 9.25. The molecule has 3 fully saturated rings. The number of rotatable bonds is 7. The Morgan fingerprint density at radius 1 is 0.978 bits per heavy atom. The summed E-state index contributed by atoms with van der Waals surface area (Å²) < 4.78 is 47.2. The van der Waals surface area contributed by atoms with E-state index in [-0.39, 0.29) is 23.5 Å². The quantitative estimate of drug-likeness (QED) is 0.309. The summed E-state index contributed by atoms with van der Waals surface area (Å²) in [4.78, 5) is 39.5. The molecule has 2 amide bonds. The zero-order chi connectivity index (χ0) is 31.6. The van der Waals surface area contributed by atoms with Crippen molar-refractivity contribution < 1.29 is 27.2 Å². The minimum absolute atomic E-state index is 0.0387. The number of alkyl halides is 3. The molecule has 240 valence electrons. The Morgan fingerprint density at radius 2 is 1.76 bits per heavy atom. The fourth-order valence-corrected chi connectivity index (χ4v) is 6.74. The number of aromatic nitrogens is 2. The first-order valence-electron chi connectivity index (χ1n) is 15.5. The smallest absolute Gasteiger partial charge is 0.417 e. The second-order valence-corrected chi connectivity index (χ2v) is 12.5. The highest BCUT2D eigenvalue weighted by molar-refractivity contribution is 6.30. The van der Waals surface area contributed by atoms with Crippen molar-refractivity contribution in [2.45, 2.75) is 57.0 Å². The van der Waals surface area contributed by atoms with E-state index in [1.165, 1.54) is 25.5 Å². The number of piperazine rings is 1. The molecule has 9 nitrogen and oxygen atoms in total. The summed E-state index contributed by atoms with van der Waals surface area (Å²) in [5.41, 5.74) is -0.174. The van der Waals surface area contributed by atoms with Gasteiger partial charge in [0.25, 0.3) is 11.9 Å². The van der Waals surface area contributed by atoms with Crippen LogP contribution < -0.4 is 15.1 Å². The lowest BCUT2D eigenvalue weighted by atomic mass is 9.86. The summed E-state index contributed by atoms with van der Waals surface area (Å²) in [7, 11) is 0. The maximum Gasteiger partial charge on any atom is 0.437 e. The van der Waals surface area contributed by atoms with E-state index in [2.05, 4.69) is 15.3 Å². The van der Waals surface area contributed by atoms with Crippen LogP contribution in [-0.2, 0) is 11.0 Å². The van der Waals surface area contributed by atoms with Crippen LogP contribution >= 0.6 is 11.6 Å². The number of pyridine rings is 1. The highest BCUT2D eigenvalue weighted by Gasteiger charge is 2.42. The molecule has 0 bridgehead atoms. The molecular weight excluding hydrogens is 609 g/mol. The molecule has 45 heavy (non-hydrogen) atoms. The Hall–Kier alpha value is -3.80. The van der Waals surface area contributed by atoms with E-state index in [1.54, 1.807) is 23.1 Å². The van der Waals surface area contributed by atoms with Gasteiger partial charge in [0.15, 0.2) is 5.69 Å². The molecule has 1 atom stereocenters. The molecule has 2 aromatic heterocycles.